The molecule has 20 heavy (non-hydrogen) atoms. The SMILES string of the molecule is O=C(OCc1ccccc1)N1CCCC(CCCS)C1. The zero-order valence-corrected chi connectivity index (χ0v) is 12.7. The van der Waals surface area contributed by atoms with E-state index in [1.807, 2.05) is 35.2 Å². The van der Waals surface area contributed by atoms with Crippen molar-refractivity contribution in [1.29, 1.82) is 0 Å². The number of ether oxygens (including phenoxy) is 1. The van der Waals surface area contributed by atoms with Gasteiger partial charge in [-0.1, -0.05) is 30.3 Å². The minimum atomic E-state index is -0.176. The molecule has 0 N–H and O–H groups in total. The average Bonchev–Trinajstić information content (AvgIpc) is 2.52. The fraction of sp³-hybridized carbons (Fsp3) is 0.562. The summed E-state index contributed by atoms with van der Waals surface area (Å²) >= 11 is 4.25. The van der Waals surface area contributed by atoms with Crippen molar-refractivity contribution in [3.63, 3.8) is 0 Å². The Hall–Kier alpha value is -1.16. The van der Waals surface area contributed by atoms with Gasteiger partial charge < -0.3 is 9.64 Å². The van der Waals surface area contributed by atoms with Gasteiger partial charge in [0.2, 0.25) is 0 Å². The molecule has 1 heterocycles. The highest BCUT2D eigenvalue weighted by Crippen LogP contribution is 2.21. The van der Waals surface area contributed by atoms with E-state index in [2.05, 4.69) is 12.6 Å². The van der Waals surface area contributed by atoms with Crippen molar-refractivity contribution in [1.82, 2.24) is 4.90 Å². The minimum absolute atomic E-state index is 0.176. The summed E-state index contributed by atoms with van der Waals surface area (Å²) in [7, 11) is 0. The maximum absolute atomic E-state index is 12.1. The number of hydrogen-bond donors (Lipinski definition) is 1. The van der Waals surface area contributed by atoms with Crippen LogP contribution in [0.4, 0.5) is 4.79 Å². The summed E-state index contributed by atoms with van der Waals surface area (Å²) in [5.74, 6) is 1.54. The lowest BCUT2D eigenvalue weighted by molar-refractivity contribution is 0.0779. The second kappa shape index (κ2) is 8.20. The van der Waals surface area contributed by atoms with Crippen LogP contribution in [0.25, 0.3) is 0 Å². The standard InChI is InChI=1S/C16H23NO2S/c18-16(19-13-15-6-2-1-3-7-15)17-10-4-8-14(12-17)9-5-11-20/h1-3,6-7,14,20H,4-5,8-13H2. The van der Waals surface area contributed by atoms with Crippen molar-refractivity contribution >= 4 is 18.7 Å². The lowest BCUT2D eigenvalue weighted by Gasteiger charge is -2.32. The topological polar surface area (TPSA) is 29.5 Å². The third kappa shape index (κ3) is 4.75. The highest BCUT2D eigenvalue weighted by atomic mass is 32.1. The number of rotatable bonds is 5. The van der Waals surface area contributed by atoms with Crippen molar-refractivity contribution in [2.24, 2.45) is 5.92 Å². The Labute approximate surface area is 126 Å². The quantitative estimate of drug-likeness (QED) is 0.838. The highest BCUT2D eigenvalue weighted by Gasteiger charge is 2.24. The van der Waals surface area contributed by atoms with Crippen LogP contribution in [0, 0.1) is 5.92 Å². The molecule has 4 heteroatoms. The van der Waals surface area contributed by atoms with Gasteiger partial charge in [-0.2, -0.15) is 12.6 Å². The first-order valence-corrected chi connectivity index (χ1v) is 7.99. The van der Waals surface area contributed by atoms with Gasteiger partial charge in [0.25, 0.3) is 0 Å². The molecule has 2 rings (SSSR count). The fourth-order valence-electron chi connectivity index (χ4n) is 2.66. The molecule has 1 fully saturated rings. The van der Waals surface area contributed by atoms with Gasteiger partial charge in [0, 0.05) is 13.1 Å². The van der Waals surface area contributed by atoms with E-state index >= 15 is 0 Å². The molecule has 1 unspecified atom stereocenters. The molecular formula is C16H23NO2S. The average molecular weight is 293 g/mol. The molecule has 0 aliphatic carbocycles. The zero-order chi connectivity index (χ0) is 14.2. The third-order valence-electron chi connectivity index (χ3n) is 3.75. The van der Waals surface area contributed by atoms with Gasteiger partial charge in [0.15, 0.2) is 0 Å². The van der Waals surface area contributed by atoms with Gasteiger partial charge in [-0.3, -0.25) is 0 Å². The summed E-state index contributed by atoms with van der Waals surface area (Å²) in [6.07, 6.45) is 4.41. The van der Waals surface area contributed by atoms with Crippen LogP contribution < -0.4 is 0 Å². The van der Waals surface area contributed by atoms with Crippen molar-refractivity contribution in [3.8, 4) is 0 Å². The molecule has 0 aromatic heterocycles. The molecule has 3 nitrogen and oxygen atoms in total. The molecule has 0 radical (unpaired) electrons. The first-order valence-electron chi connectivity index (χ1n) is 7.36. The molecule has 1 aromatic carbocycles. The third-order valence-corrected chi connectivity index (χ3v) is 4.07. The van der Waals surface area contributed by atoms with Crippen LogP contribution in [-0.4, -0.2) is 29.8 Å². The number of hydrogen-bond acceptors (Lipinski definition) is 3. The van der Waals surface area contributed by atoms with Crippen LogP contribution >= 0.6 is 12.6 Å². The van der Waals surface area contributed by atoms with E-state index < -0.39 is 0 Å². The monoisotopic (exact) mass is 293 g/mol. The zero-order valence-electron chi connectivity index (χ0n) is 11.8. The molecule has 1 amide bonds. The number of likely N-dealkylation sites (tertiary alicyclic amines) is 1. The van der Waals surface area contributed by atoms with Gasteiger partial charge in [0.1, 0.15) is 6.61 Å². The number of piperidine rings is 1. The predicted molar refractivity (Wildman–Crippen MR) is 84.0 cm³/mol. The number of thiol groups is 1. The lowest BCUT2D eigenvalue weighted by atomic mass is 9.94. The number of amides is 1. The molecule has 0 saturated carbocycles. The van der Waals surface area contributed by atoms with Gasteiger partial charge in [-0.25, -0.2) is 4.79 Å². The Bertz CT molecular complexity index is 410. The highest BCUT2D eigenvalue weighted by molar-refractivity contribution is 7.80. The van der Waals surface area contributed by atoms with Crippen LogP contribution in [-0.2, 0) is 11.3 Å². The Morgan fingerprint density at radius 1 is 1.35 bits per heavy atom. The Balaban J connectivity index is 1.77. The number of carbonyl (C=O) groups excluding carboxylic acids is 1. The van der Waals surface area contributed by atoms with E-state index in [9.17, 15) is 4.79 Å². The molecule has 1 aliphatic rings. The maximum atomic E-state index is 12.1. The Morgan fingerprint density at radius 3 is 2.90 bits per heavy atom. The van der Waals surface area contributed by atoms with E-state index in [0.717, 1.165) is 43.7 Å². The molecule has 1 aromatic rings. The van der Waals surface area contributed by atoms with Crippen molar-refractivity contribution in [2.45, 2.75) is 32.3 Å². The van der Waals surface area contributed by atoms with Gasteiger partial charge in [-0.15, -0.1) is 0 Å². The predicted octanol–water partition coefficient (Wildman–Crippen LogP) is 3.75. The second-order valence-corrected chi connectivity index (χ2v) is 5.81. The first kappa shape index (κ1) is 15.2. The van der Waals surface area contributed by atoms with Crippen LogP contribution in [0.5, 0.6) is 0 Å². The number of nitrogens with zero attached hydrogens (tertiary/aromatic N) is 1. The first-order chi connectivity index (χ1) is 9.79. The summed E-state index contributed by atoms with van der Waals surface area (Å²) in [5, 5.41) is 0. The fourth-order valence-corrected chi connectivity index (χ4v) is 2.84. The van der Waals surface area contributed by atoms with Gasteiger partial charge in [0.05, 0.1) is 0 Å². The van der Waals surface area contributed by atoms with Crippen LogP contribution in [0.2, 0.25) is 0 Å². The molecule has 110 valence electrons. The van der Waals surface area contributed by atoms with E-state index in [-0.39, 0.29) is 6.09 Å². The largest absolute Gasteiger partial charge is 0.445 e. The number of carbonyl (C=O) groups is 1. The molecular weight excluding hydrogens is 270 g/mol. The van der Waals surface area contributed by atoms with E-state index in [4.69, 9.17) is 4.74 Å². The smallest absolute Gasteiger partial charge is 0.410 e. The summed E-state index contributed by atoms with van der Waals surface area (Å²) < 4.78 is 5.39. The summed E-state index contributed by atoms with van der Waals surface area (Å²) in [6.45, 7) is 2.02. The van der Waals surface area contributed by atoms with Crippen LogP contribution in [0.1, 0.15) is 31.2 Å². The van der Waals surface area contributed by atoms with Gasteiger partial charge in [-0.05, 0) is 42.9 Å². The molecule has 0 spiro atoms. The Kier molecular flexibility index (Phi) is 6.25. The molecule has 1 aliphatic heterocycles. The number of benzene rings is 1. The summed E-state index contributed by atoms with van der Waals surface area (Å²) in [6, 6.07) is 9.81. The van der Waals surface area contributed by atoms with Gasteiger partial charge >= 0.3 is 6.09 Å². The molecule has 0 bridgehead atoms. The van der Waals surface area contributed by atoms with E-state index in [1.54, 1.807) is 0 Å². The molecule has 1 atom stereocenters. The summed E-state index contributed by atoms with van der Waals surface area (Å²) in [4.78, 5) is 13.9. The normalized spacial score (nSPS) is 18.9. The van der Waals surface area contributed by atoms with Crippen molar-refractivity contribution < 1.29 is 9.53 Å². The summed E-state index contributed by atoms with van der Waals surface area (Å²) in [5.41, 5.74) is 1.03. The van der Waals surface area contributed by atoms with Crippen molar-refractivity contribution in [3.05, 3.63) is 35.9 Å². The minimum Gasteiger partial charge on any atom is -0.445 e. The lowest BCUT2D eigenvalue weighted by Crippen LogP contribution is -2.40. The maximum Gasteiger partial charge on any atom is 0.410 e. The van der Waals surface area contributed by atoms with E-state index in [1.165, 1.54) is 6.42 Å². The molecule has 1 saturated heterocycles. The van der Waals surface area contributed by atoms with Crippen molar-refractivity contribution in [2.75, 3.05) is 18.8 Å². The second-order valence-electron chi connectivity index (χ2n) is 5.36. The Morgan fingerprint density at radius 2 is 2.15 bits per heavy atom. The van der Waals surface area contributed by atoms with Crippen LogP contribution in [0.15, 0.2) is 30.3 Å². The van der Waals surface area contributed by atoms with Crippen LogP contribution in [0.3, 0.4) is 0 Å². The van der Waals surface area contributed by atoms with E-state index in [0.29, 0.717) is 12.5 Å².